The molecule has 146 valence electrons. The highest BCUT2D eigenvalue weighted by Crippen LogP contribution is 2.26. The van der Waals surface area contributed by atoms with Crippen LogP contribution in [0.5, 0.6) is 5.75 Å². The van der Waals surface area contributed by atoms with E-state index in [9.17, 15) is 4.79 Å². The van der Waals surface area contributed by atoms with Gasteiger partial charge in [-0.15, -0.1) is 0 Å². The Balaban J connectivity index is 1.73. The van der Waals surface area contributed by atoms with Crippen LogP contribution in [0.15, 0.2) is 54.7 Å². The van der Waals surface area contributed by atoms with E-state index in [2.05, 4.69) is 41.8 Å². The number of carboxylic acid groups (broad SMARTS) is 1. The predicted molar refractivity (Wildman–Crippen MR) is 111 cm³/mol. The van der Waals surface area contributed by atoms with E-state index in [-0.39, 0.29) is 6.42 Å². The molecule has 0 aliphatic heterocycles. The van der Waals surface area contributed by atoms with Gasteiger partial charge in [-0.2, -0.15) is 0 Å². The summed E-state index contributed by atoms with van der Waals surface area (Å²) >= 11 is 0. The standard InChI is InChI=1S/C24H27NO3/c1-4-19-7-11-21(12-8-19)25-15-5-6-22(25)16-28-23-13-9-20(10-14-24(26)27)17(2)18(23)3/h5-9,11-13,15H,4,10,14,16H2,1-3H3,(H,26,27). The smallest absolute Gasteiger partial charge is 0.303 e. The first-order valence-corrected chi connectivity index (χ1v) is 9.68. The number of carboxylic acids is 1. The molecule has 2 aromatic carbocycles. The van der Waals surface area contributed by atoms with Gasteiger partial charge in [0.05, 0.1) is 5.69 Å². The molecule has 0 aliphatic rings. The van der Waals surface area contributed by atoms with Gasteiger partial charge in [-0.05, 0) is 79.3 Å². The molecule has 0 saturated carbocycles. The fourth-order valence-corrected chi connectivity index (χ4v) is 3.35. The van der Waals surface area contributed by atoms with E-state index in [0.717, 1.165) is 40.2 Å². The lowest BCUT2D eigenvalue weighted by Crippen LogP contribution is -2.05. The highest BCUT2D eigenvalue weighted by molar-refractivity contribution is 5.67. The van der Waals surface area contributed by atoms with Gasteiger partial charge in [-0.3, -0.25) is 4.79 Å². The van der Waals surface area contributed by atoms with E-state index in [1.807, 2.05) is 38.2 Å². The SMILES string of the molecule is CCc1ccc(-n2cccc2COc2ccc(CCC(=O)O)c(C)c2C)cc1. The van der Waals surface area contributed by atoms with Crippen LogP contribution in [-0.4, -0.2) is 15.6 Å². The summed E-state index contributed by atoms with van der Waals surface area (Å²) in [6.45, 7) is 6.67. The molecule has 1 heterocycles. The quantitative estimate of drug-likeness (QED) is 0.583. The van der Waals surface area contributed by atoms with Crippen LogP contribution >= 0.6 is 0 Å². The summed E-state index contributed by atoms with van der Waals surface area (Å²) in [5.41, 5.74) is 6.75. The highest BCUT2D eigenvalue weighted by Gasteiger charge is 2.10. The Morgan fingerprint density at radius 3 is 2.46 bits per heavy atom. The van der Waals surface area contributed by atoms with E-state index in [1.165, 1.54) is 5.56 Å². The molecular weight excluding hydrogens is 350 g/mol. The van der Waals surface area contributed by atoms with Crippen LogP contribution in [0.2, 0.25) is 0 Å². The van der Waals surface area contributed by atoms with Crippen molar-refractivity contribution in [1.29, 1.82) is 0 Å². The Labute approximate surface area is 166 Å². The van der Waals surface area contributed by atoms with E-state index >= 15 is 0 Å². The first-order valence-electron chi connectivity index (χ1n) is 9.68. The van der Waals surface area contributed by atoms with E-state index in [4.69, 9.17) is 9.84 Å². The van der Waals surface area contributed by atoms with Crippen LogP contribution in [0, 0.1) is 13.8 Å². The van der Waals surface area contributed by atoms with Crippen LogP contribution in [0.4, 0.5) is 0 Å². The molecule has 4 nitrogen and oxygen atoms in total. The summed E-state index contributed by atoms with van der Waals surface area (Å²) in [7, 11) is 0. The van der Waals surface area contributed by atoms with Gasteiger partial charge in [0, 0.05) is 18.3 Å². The lowest BCUT2D eigenvalue weighted by Gasteiger charge is -2.15. The average molecular weight is 377 g/mol. The average Bonchev–Trinajstić information content (AvgIpc) is 3.17. The number of benzene rings is 2. The molecule has 1 N–H and O–H groups in total. The van der Waals surface area contributed by atoms with E-state index < -0.39 is 5.97 Å². The Kier molecular flexibility index (Phi) is 6.19. The van der Waals surface area contributed by atoms with Crippen LogP contribution < -0.4 is 4.74 Å². The summed E-state index contributed by atoms with van der Waals surface area (Å²) in [6, 6.07) is 16.6. The fourth-order valence-electron chi connectivity index (χ4n) is 3.35. The first kappa shape index (κ1) is 19.7. The maximum absolute atomic E-state index is 10.8. The molecule has 1 aromatic heterocycles. The van der Waals surface area contributed by atoms with Gasteiger partial charge >= 0.3 is 5.97 Å². The van der Waals surface area contributed by atoms with Crippen LogP contribution in [-0.2, 0) is 24.2 Å². The molecule has 3 rings (SSSR count). The number of carbonyl (C=O) groups is 1. The van der Waals surface area contributed by atoms with Crippen LogP contribution in [0.1, 0.15) is 41.3 Å². The number of hydrogen-bond acceptors (Lipinski definition) is 2. The molecule has 0 spiro atoms. The van der Waals surface area contributed by atoms with Crippen LogP contribution in [0.25, 0.3) is 5.69 Å². The largest absolute Gasteiger partial charge is 0.487 e. The van der Waals surface area contributed by atoms with Crippen molar-refractivity contribution in [1.82, 2.24) is 4.57 Å². The number of aryl methyl sites for hydroxylation is 2. The summed E-state index contributed by atoms with van der Waals surface area (Å²) in [4.78, 5) is 10.8. The Hall–Kier alpha value is -3.01. The number of ether oxygens (including phenoxy) is 1. The molecule has 3 aromatic rings. The second-order valence-electron chi connectivity index (χ2n) is 7.04. The molecule has 28 heavy (non-hydrogen) atoms. The Morgan fingerprint density at radius 1 is 1.04 bits per heavy atom. The van der Waals surface area contributed by atoms with Gasteiger partial charge in [0.2, 0.25) is 0 Å². The molecule has 0 radical (unpaired) electrons. The molecule has 0 bridgehead atoms. The molecule has 0 aliphatic carbocycles. The van der Waals surface area contributed by atoms with Gasteiger partial charge in [0.15, 0.2) is 0 Å². The first-order chi connectivity index (χ1) is 13.5. The van der Waals surface area contributed by atoms with Gasteiger partial charge < -0.3 is 14.4 Å². The summed E-state index contributed by atoms with van der Waals surface area (Å²) in [5.74, 6) is 0.0655. The number of aromatic nitrogens is 1. The zero-order valence-corrected chi connectivity index (χ0v) is 16.7. The predicted octanol–water partition coefficient (Wildman–Crippen LogP) is 5.25. The van der Waals surface area contributed by atoms with Gasteiger partial charge in [0.25, 0.3) is 0 Å². The van der Waals surface area contributed by atoms with Crippen molar-refractivity contribution in [3.8, 4) is 11.4 Å². The number of aliphatic carboxylic acids is 1. The molecule has 0 saturated heterocycles. The Morgan fingerprint density at radius 2 is 1.79 bits per heavy atom. The maximum atomic E-state index is 10.8. The zero-order chi connectivity index (χ0) is 20.1. The van der Waals surface area contributed by atoms with Crippen molar-refractivity contribution in [2.45, 2.75) is 46.6 Å². The van der Waals surface area contributed by atoms with E-state index in [1.54, 1.807) is 0 Å². The van der Waals surface area contributed by atoms with Crippen molar-refractivity contribution >= 4 is 5.97 Å². The molecule has 4 heteroatoms. The third-order valence-corrected chi connectivity index (χ3v) is 5.29. The van der Waals surface area contributed by atoms with Crippen molar-refractivity contribution in [2.24, 2.45) is 0 Å². The lowest BCUT2D eigenvalue weighted by molar-refractivity contribution is -0.136. The molecular formula is C24H27NO3. The topological polar surface area (TPSA) is 51.5 Å². The maximum Gasteiger partial charge on any atom is 0.303 e. The third kappa shape index (κ3) is 4.45. The summed E-state index contributed by atoms with van der Waals surface area (Å²) in [6.07, 6.45) is 3.76. The van der Waals surface area contributed by atoms with Gasteiger partial charge in [-0.25, -0.2) is 0 Å². The minimum atomic E-state index is -0.773. The minimum absolute atomic E-state index is 0.144. The minimum Gasteiger partial charge on any atom is -0.487 e. The van der Waals surface area contributed by atoms with Gasteiger partial charge in [0.1, 0.15) is 12.4 Å². The number of rotatable bonds is 8. The second kappa shape index (κ2) is 8.79. The van der Waals surface area contributed by atoms with E-state index in [0.29, 0.717) is 13.0 Å². The molecule has 0 atom stereocenters. The molecule has 0 fully saturated rings. The summed E-state index contributed by atoms with van der Waals surface area (Å²) < 4.78 is 8.25. The fraction of sp³-hybridized carbons (Fsp3) is 0.292. The van der Waals surface area contributed by atoms with Crippen molar-refractivity contribution < 1.29 is 14.6 Å². The van der Waals surface area contributed by atoms with Crippen molar-refractivity contribution in [3.63, 3.8) is 0 Å². The molecule has 0 unspecified atom stereocenters. The monoisotopic (exact) mass is 377 g/mol. The number of hydrogen-bond donors (Lipinski definition) is 1. The third-order valence-electron chi connectivity index (χ3n) is 5.29. The molecule has 0 amide bonds. The zero-order valence-electron chi connectivity index (χ0n) is 16.7. The van der Waals surface area contributed by atoms with Gasteiger partial charge in [-0.1, -0.05) is 25.1 Å². The second-order valence-corrected chi connectivity index (χ2v) is 7.04. The summed E-state index contributed by atoms with van der Waals surface area (Å²) in [5, 5.41) is 8.90. The normalized spacial score (nSPS) is 10.8. The van der Waals surface area contributed by atoms with Crippen molar-refractivity contribution in [3.05, 3.63) is 82.7 Å². The lowest BCUT2D eigenvalue weighted by atomic mass is 9.99. The van der Waals surface area contributed by atoms with Crippen LogP contribution in [0.3, 0.4) is 0 Å². The highest BCUT2D eigenvalue weighted by atomic mass is 16.5. The van der Waals surface area contributed by atoms with Crippen molar-refractivity contribution in [2.75, 3.05) is 0 Å². The Bertz CT molecular complexity index is 954. The number of nitrogens with zero attached hydrogens (tertiary/aromatic N) is 1.